The first kappa shape index (κ1) is 20.0. The lowest BCUT2D eigenvalue weighted by Gasteiger charge is -2.37. The molecule has 1 atom stereocenters. The lowest BCUT2D eigenvalue weighted by molar-refractivity contribution is -0.119. The van der Waals surface area contributed by atoms with Crippen LogP contribution >= 0.6 is 11.3 Å². The average Bonchev–Trinajstić information content (AvgIpc) is 3.18. The van der Waals surface area contributed by atoms with Crippen LogP contribution < -0.4 is 10.3 Å². The highest BCUT2D eigenvalue weighted by atomic mass is 32.1. The van der Waals surface area contributed by atoms with Gasteiger partial charge in [-0.05, 0) is 42.7 Å². The van der Waals surface area contributed by atoms with Gasteiger partial charge in [0.1, 0.15) is 11.1 Å². The second-order valence-corrected chi connectivity index (χ2v) is 8.34. The van der Waals surface area contributed by atoms with E-state index in [0.717, 1.165) is 59.1 Å². The Kier molecular flexibility index (Phi) is 6.20. The number of aromatic nitrogens is 1. The van der Waals surface area contributed by atoms with Crippen molar-refractivity contribution >= 4 is 33.1 Å². The second-order valence-electron chi connectivity index (χ2n) is 7.28. The number of carbonyl (C=O) groups is 1. The van der Waals surface area contributed by atoms with Gasteiger partial charge in [0.05, 0.1) is 15.9 Å². The van der Waals surface area contributed by atoms with Crippen molar-refractivity contribution in [3.8, 4) is 0 Å². The Morgan fingerprint density at radius 2 is 1.93 bits per heavy atom. The molecule has 7 heteroatoms. The van der Waals surface area contributed by atoms with E-state index in [1.54, 1.807) is 23.3 Å². The summed E-state index contributed by atoms with van der Waals surface area (Å²) in [5.41, 5.74) is 2.96. The van der Waals surface area contributed by atoms with Crippen molar-refractivity contribution in [1.29, 1.82) is 0 Å². The van der Waals surface area contributed by atoms with Gasteiger partial charge in [-0.25, -0.2) is 15.0 Å². The predicted molar refractivity (Wildman–Crippen MR) is 117 cm³/mol. The maximum Gasteiger partial charge on any atom is 0.238 e. The summed E-state index contributed by atoms with van der Waals surface area (Å²) in [5, 5.41) is 18.5. The predicted octanol–water partition coefficient (Wildman–Crippen LogP) is 3.14. The molecule has 2 heterocycles. The number of piperazine rings is 1. The Bertz CT molecular complexity index is 933. The molecule has 3 aromatic rings. The van der Waals surface area contributed by atoms with Gasteiger partial charge in [-0.3, -0.25) is 4.79 Å². The molecule has 4 rings (SSSR count). The number of hydrazine groups is 1. The Hall–Kier alpha value is -2.32. The number of nitrogens with zero attached hydrogens (tertiary/aromatic N) is 3. The van der Waals surface area contributed by atoms with Crippen LogP contribution in [0.2, 0.25) is 0 Å². The fourth-order valence-electron chi connectivity index (χ4n) is 3.66. The van der Waals surface area contributed by atoms with Crippen molar-refractivity contribution in [1.82, 2.24) is 15.3 Å². The summed E-state index contributed by atoms with van der Waals surface area (Å²) in [5.74, 6) is 0.0194. The molecule has 2 aromatic carbocycles. The van der Waals surface area contributed by atoms with Crippen molar-refractivity contribution in [3.63, 3.8) is 0 Å². The molecule has 0 spiro atoms. The molecule has 0 aliphatic carbocycles. The van der Waals surface area contributed by atoms with Crippen molar-refractivity contribution in [2.45, 2.75) is 25.9 Å². The van der Waals surface area contributed by atoms with E-state index in [2.05, 4.69) is 15.3 Å². The molecule has 1 aliphatic heterocycles. The summed E-state index contributed by atoms with van der Waals surface area (Å²) < 4.78 is 1.10. The van der Waals surface area contributed by atoms with Gasteiger partial charge in [0.2, 0.25) is 5.91 Å². The lowest BCUT2D eigenvalue weighted by Crippen LogP contribution is -2.54. The SMILES string of the molecule is CC(=O)N(c1ccc(CCC(O)c2nc3ccccc3s2)cc1)N1CCNCC1. The molecular formula is C22H26N4O2S. The van der Waals surface area contributed by atoms with Gasteiger partial charge in [0.25, 0.3) is 0 Å². The van der Waals surface area contributed by atoms with E-state index in [9.17, 15) is 9.90 Å². The summed E-state index contributed by atoms with van der Waals surface area (Å²) in [6.07, 6.45) is 0.806. The molecule has 1 saturated heterocycles. The molecule has 0 radical (unpaired) electrons. The number of fused-ring (bicyclic) bond motifs is 1. The smallest absolute Gasteiger partial charge is 0.238 e. The molecule has 0 saturated carbocycles. The zero-order valence-electron chi connectivity index (χ0n) is 16.5. The zero-order chi connectivity index (χ0) is 20.2. The topological polar surface area (TPSA) is 68.7 Å². The lowest BCUT2D eigenvalue weighted by atomic mass is 10.1. The highest BCUT2D eigenvalue weighted by molar-refractivity contribution is 7.18. The number of aliphatic hydroxyl groups is 1. The third-order valence-corrected chi connectivity index (χ3v) is 6.29. The van der Waals surface area contributed by atoms with Crippen LogP contribution in [0.15, 0.2) is 48.5 Å². The number of benzene rings is 2. The van der Waals surface area contributed by atoms with Gasteiger partial charge < -0.3 is 10.4 Å². The Morgan fingerprint density at radius 1 is 1.21 bits per heavy atom. The zero-order valence-corrected chi connectivity index (χ0v) is 17.4. The first-order chi connectivity index (χ1) is 14.1. The van der Waals surface area contributed by atoms with Gasteiger partial charge >= 0.3 is 0 Å². The average molecular weight is 411 g/mol. The third-order valence-electron chi connectivity index (χ3n) is 5.16. The molecule has 2 N–H and O–H groups in total. The number of aliphatic hydroxyl groups excluding tert-OH is 1. The Labute approximate surface area is 174 Å². The summed E-state index contributed by atoms with van der Waals surface area (Å²) in [6.45, 7) is 4.99. The highest BCUT2D eigenvalue weighted by Crippen LogP contribution is 2.29. The standard InChI is InChI=1S/C22H26N4O2S/c1-16(27)26(25-14-12-23-13-15-25)18-9-6-17(7-10-18)8-11-20(28)22-24-19-4-2-3-5-21(19)29-22/h2-7,9-10,20,23,28H,8,11-15H2,1H3. The number of hydrogen-bond acceptors (Lipinski definition) is 6. The molecule has 0 bridgehead atoms. The quantitative estimate of drug-likeness (QED) is 0.653. The molecule has 1 aliphatic rings. The summed E-state index contributed by atoms with van der Waals surface area (Å²) in [4.78, 5) is 16.7. The fraction of sp³-hybridized carbons (Fsp3) is 0.364. The number of aryl methyl sites for hydroxylation is 1. The van der Waals surface area contributed by atoms with Gasteiger partial charge in [-0.2, -0.15) is 0 Å². The minimum absolute atomic E-state index is 0.0194. The number of amides is 1. The number of rotatable bonds is 6. The van der Waals surface area contributed by atoms with Crippen molar-refractivity contribution < 1.29 is 9.90 Å². The van der Waals surface area contributed by atoms with E-state index < -0.39 is 6.10 Å². The van der Waals surface area contributed by atoms with Crippen LogP contribution in [-0.4, -0.2) is 47.2 Å². The molecular weight excluding hydrogens is 384 g/mol. The monoisotopic (exact) mass is 410 g/mol. The molecule has 1 fully saturated rings. The van der Waals surface area contributed by atoms with Gasteiger partial charge in [-0.15, -0.1) is 11.3 Å². The molecule has 1 aromatic heterocycles. The van der Waals surface area contributed by atoms with Crippen LogP contribution in [0, 0.1) is 0 Å². The highest BCUT2D eigenvalue weighted by Gasteiger charge is 2.22. The summed E-state index contributed by atoms with van der Waals surface area (Å²) in [7, 11) is 0. The van der Waals surface area contributed by atoms with Crippen molar-refractivity contribution in [3.05, 3.63) is 59.1 Å². The van der Waals surface area contributed by atoms with E-state index in [0.29, 0.717) is 6.42 Å². The third kappa shape index (κ3) is 4.64. The maximum atomic E-state index is 12.2. The fourth-order valence-corrected chi connectivity index (χ4v) is 4.65. The Balaban J connectivity index is 1.40. The van der Waals surface area contributed by atoms with Crippen LogP contribution in [0.25, 0.3) is 10.2 Å². The molecule has 152 valence electrons. The molecule has 1 amide bonds. The minimum Gasteiger partial charge on any atom is -0.386 e. The van der Waals surface area contributed by atoms with E-state index >= 15 is 0 Å². The van der Waals surface area contributed by atoms with Crippen LogP contribution in [-0.2, 0) is 11.2 Å². The largest absolute Gasteiger partial charge is 0.386 e. The van der Waals surface area contributed by atoms with Crippen LogP contribution in [0.5, 0.6) is 0 Å². The van der Waals surface area contributed by atoms with Gasteiger partial charge in [0, 0.05) is 33.1 Å². The van der Waals surface area contributed by atoms with E-state index in [-0.39, 0.29) is 5.91 Å². The van der Waals surface area contributed by atoms with Gasteiger partial charge in [-0.1, -0.05) is 24.3 Å². The van der Waals surface area contributed by atoms with Crippen molar-refractivity contribution in [2.75, 3.05) is 31.2 Å². The number of thiazole rings is 1. The normalized spacial score (nSPS) is 16.1. The number of hydrogen-bond donors (Lipinski definition) is 2. The number of para-hydroxylation sites is 1. The molecule has 6 nitrogen and oxygen atoms in total. The van der Waals surface area contributed by atoms with Gasteiger partial charge in [0.15, 0.2) is 0 Å². The first-order valence-corrected chi connectivity index (χ1v) is 10.8. The van der Waals surface area contributed by atoms with E-state index in [1.165, 1.54) is 0 Å². The molecule has 1 unspecified atom stereocenters. The number of anilines is 1. The van der Waals surface area contributed by atoms with E-state index in [1.807, 2.05) is 48.5 Å². The second kappa shape index (κ2) is 9.00. The number of carbonyl (C=O) groups excluding carboxylic acids is 1. The van der Waals surface area contributed by atoms with E-state index in [4.69, 9.17) is 0 Å². The first-order valence-electron chi connectivity index (χ1n) is 10.0. The van der Waals surface area contributed by atoms with Crippen LogP contribution in [0.4, 0.5) is 5.69 Å². The summed E-state index contributed by atoms with van der Waals surface area (Å²) in [6, 6.07) is 16.0. The van der Waals surface area contributed by atoms with Crippen molar-refractivity contribution in [2.24, 2.45) is 0 Å². The number of nitrogens with one attached hydrogen (secondary N) is 1. The van der Waals surface area contributed by atoms with Crippen LogP contribution in [0.1, 0.15) is 30.0 Å². The Morgan fingerprint density at radius 3 is 2.62 bits per heavy atom. The summed E-state index contributed by atoms with van der Waals surface area (Å²) >= 11 is 1.55. The minimum atomic E-state index is -0.568. The van der Waals surface area contributed by atoms with Crippen LogP contribution in [0.3, 0.4) is 0 Å². The molecule has 29 heavy (non-hydrogen) atoms. The maximum absolute atomic E-state index is 12.2.